The molecule has 0 saturated heterocycles. The predicted molar refractivity (Wildman–Crippen MR) is 59.1 cm³/mol. The Morgan fingerprint density at radius 2 is 2.13 bits per heavy atom. The van der Waals surface area contributed by atoms with E-state index in [0.29, 0.717) is 13.0 Å². The molecule has 2 atom stereocenters. The lowest BCUT2D eigenvalue weighted by Crippen LogP contribution is -2.36. The molecule has 0 aromatic heterocycles. The van der Waals surface area contributed by atoms with Crippen LogP contribution in [-0.4, -0.2) is 28.5 Å². The second-order valence-corrected chi connectivity index (χ2v) is 3.85. The van der Waals surface area contributed by atoms with E-state index < -0.39 is 11.7 Å². The van der Waals surface area contributed by atoms with Crippen molar-refractivity contribution in [2.45, 2.75) is 18.1 Å². The van der Waals surface area contributed by atoms with Crippen LogP contribution in [0.1, 0.15) is 6.42 Å². The molecule has 4 N–H and O–H groups in total. The van der Waals surface area contributed by atoms with Gasteiger partial charge in [0.1, 0.15) is 5.60 Å². The maximum atomic E-state index is 10.4. The lowest BCUT2D eigenvalue weighted by Gasteiger charge is -2.34. The number of aliphatic hydroxyl groups is 2. The van der Waals surface area contributed by atoms with E-state index in [1.54, 1.807) is 24.3 Å². The number of nitrogens with two attached hydrogens (primary N) is 1. The Bertz CT molecular complexity index is 379. The Morgan fingerprint density at radius 3 is 2.87 bits per heavy atom. The largest absolute Gasteiger partial charge is 0.384 e. The summed E-state index contributed by atoms with van der Waals surface area (Å²) < 4.78 is 0. The Morgan fingerprint density at radius 1 is 1.33 bits per heavy atom. The first kappa shape index (κ1) is 10.4. The molecule has 2 rings (SSSR count). The summed E-state index contributed by atoms with van der Waals surface area (Å²) in [5.74, 6) is 0. The Balaban J connectivity index is 2.40. The minimum Gasteiger partial charge on any atom is -0.384 e. The quantitative estimate of drug-likeness (QED) is 0.612. The summed E-state index contributed by atoms with van der Waals surface area (Å²) in [7, 11) is 0. The number of allylic oxidation sites excluding steroid dienone is 4. The number of hydrogen-bond acceptors (Lipinski definition) is 3. The molecule has 2 unspecified atom stereocenters. The van der Waals surface area contributed by atoms with Gasteiger partial charge in [-0.1, -0.05) is 30.4 Å². The van der Waals surface area contributed by atoms with Gasteiger partial charge in [-0.3, -0.25) is 0 Å². The molecule has 0 saturated carbocycles. The van der Waals surface area contributed by atoms with Crippen LogP contribution in [0.2, 0.25) is 0 Å². The van der Waals surface area contributed by atoms with Crippen molar-refractivity contribution in [1.29, 1.82) is 0 Å². The minimum atomic E-state index is -1.02. The normalized spacial score (nSPS) is 33.4. The lowest BCUT2D eigenvalue weighted by atomic mass is 9.78. The third-order valence-electron chi connectivity index (χ3n) is 2.83. The molecule has 2 aliphatic carbocycles. The summed E-state index contributed by atoms with van der Waals surface area (Å²) in [6, 6.07) is 0. The first-order valence-corrected chi connectivity index (χ1v) is 5.06. The molecular formula is C12H15NO2. The van der Waals surface area contributed by atoms with E-state index in [-0.39, 0.29) is 0 Å². The fourth-order valence-corrected chi connectivity index (χ4v) is 2.04. The first-order chi connectivity index (χ1) is 7.17. The Hall–Kier alpha value is -1.16. The zero-order valence-electron chi connectivity index (χ0n) is 8.43. The molecule has 0 aromatic rings. The van der Waals surface area contributed by atoms with Crippen LogP contribution in [0.15, 0.2) is 47.6 Å². The lowest BCUT2D eigenvalue weighted by molar-refractivity contribution is 0.118. The van der Waals surface area contributed by atoms with Crippen LogP contribution in [0.5, 0.6) is 0 Å². The van der Waals surface area contributed by atoms with Crippen LogP contribution < -0.4 is 5.73 Å². The molecule has 0 aromatic carbocycles. The maximum Gasteiger partial charge on any atom is 0.110 e. The molecule has 3 heteroatoms. The van der Waals surface area contributed by atoms with E-state index in [9.17, 15) is 10.2 Å². The molecule has 0 amide bonds. The highest BCUT2D eigenvalue weighted by molar-refractivity contribution is 5.54. The van der Waals surface area contributed by atoms with Gasteiger partial charge in [-0.25, -0.2) is 0 Å². The molecule has 0 bridgehead atoms. The van der Waals surface area contributed by atoms with Crippen LogP contribution >= 0.6 is 0 Å². The van der Waals surface area contributed by atoms with Crippen LogP contribution in [0, 0.1) is 0 Å². The van der Waals surface area contributed by atoms with Crippen LogP contribution in [-0.2, 0) is 0 Å². The summed E-state index contributed by atoms with van der Waals surface area (Å²) in [4.78, 5) is 0. The van der Waals surface area contributed by atoms with Gasteiger partial charge >= 0.3 is 0 Å². The molecule has 0 fully saturated rings. The van der Waals surface area contributed by atoms with Gasteiger partial charge in [0.25, 0.3) is 0 Å². The number of hydrogen-bond donors (Lipinski definition) is 3. The van der Waals surface area contributed by atoms with E-state index >= 15 is 0 Å². The van der Waals surface area contributed by atoms with E-state index in [1.165, 1.54) is 0 Å². The summed E-state index contributed by atoms with van der Waals surface area (Å²) >= 11 is 0. The number of aliphatic hydroxyl groups excluding tert-OH is 1. The van der Waals surface area contributed by atoms with Gasteiger partial charge in [-0.05, 0) is 30.2 Å². The third kappa shape index (κ3) is 1.69. The minimum absolute atomic E-state index is 0.408. The van der Waals surface area contributed by atoms with E-state index in [2.05, 4.69) is 0 Å². The molecule has 3 nitrogen and oxygen atoms in total. The van der Waals surface area contributed by atoms with Crippen molar-refractivity contribution in [3.8, 4) is 0 Å². The highest BCUT2D eigenvalue weighted by atomic mass is 16.3. The SMILES string of the molecule is NCCC1(O)C=CC=C2C1=CC=CC2O. The molecule has 0 aliphatic heterocycles. The van der Waals surface area contributed by atoms with Crippen LogP contribution in [0.25, 0.3) is 0 Å². The monoisotopic (exact) mass is 205 g/mol. The van der Waals surface area contributed by atoms with E-state index in [0.717, 1.165) is 11.1 Å². The number of fused-ring (bicyclic) bond motifs is 1. The van der Waals surface area contributed by atoms with Gasteiger partial charge in [0.05, 0.1) is 6.10 Å². The predicted octanol–water partition coefficient (Wildman–Crippen LogP) is 0.420. The van der Waals surface area contributed by atoms with Crippen molar-refractivity contribution >= 4 is 0 Å². The van der Waals surface area contributed by atoms with Crippen molar-refractivity contribution < 1.29 is 10.2 Å². The van der Waals surface area contributed by atoms with E-state index in [4.69, 9.17) is 5.73 Å². The van der Waals surface area contributed by atoms with Crippen molar-refractivity contribution in [2.24, 2.45) is 5.73 Å². The number of rotatable bonds is 2. The average Bonchev–Trinajstić information content (AvgIpc) is 2.20. The molecule has 0 radical (unpaired) electrons. The maximum absolute atomic E-state index is 10.4. The van der Waals surface area contributed by atoms with E-state index in [1.807, 2.05) is 12.2 Å². The molecule has 2 aliphatic rings. The van der Waals surface area contributed by atoms with Crippen molar-refractivity contribution in [3.63, 3.8) is 0 Å². The molecule has 15 heavy (non-hydrogen) atoms. The van der Waals surface area contributed by atoms with Crippen LogP contribution in [0.3, 0.4) is 0 Å². The Kier molecular flexibility index (Phi) is 2.61. The molecular weight excluding hydrogens is 190 g/mol. The fraction of sp³-hybridized carbons (Fsp3) is 0.333. The summed E-state index contributed by atoms with van der Waals surface area (Å²) in [6.45, 7) is 0.408. The van der Waals surface area contributed by atoms with Gasteiger partial charge in [0.2, 0.25) is 0 Å². The fourth-order valence-electron chi connectivity index (χ4n) is 2.04. The van der Waals surface area contributed by atoms with Gasteiger partial charge in [0.15, 0.2) is 0 Å². The second kappa shape index (κ2) is 3.77. The second-order valence-electron chi connectivity index (χ2n) is 3.85. The van der Waals surface area contributed by atoms with Gasteiger partial charge in [-0.2, -0.15) is 0 Å². The van der Waals surface area contributed by atoms with Crippen LogP contribution in [0.4, 0.5) is 0 Å². The Labute approximate surface area is 88.9 Å². The zero-order valence-corrected chi connectivity index (χ0v) is 8.43. The standard InChI is InChI=1S/C12H15NO2/c13-8-7-12(15)6-2-3-9-10(12)4-1-5-11(9)14/h1-6,11,14-15H,7-8,13H2. The highest BCUT2D eigenvalue weighted by Gasteiger charge is 2.34. The summed E-state index contributed by atoms with van der Waals surface area (Å²) in [5.41, 5.74) is 5.97. The third-order valence-corrected chi connectivity index (χ3v) is 2.83. The summed E-state index contributed by atoms with van der Waals surface area (Å²) in [5, 5.41) is 20.1. The zero-order chi connectivity index (χ0) is 10.9. The summed E-state index contributed by atoms with van der Waals surface area (Å²) in [6.07, 6.45) is 10.4. The van der Waals surface area contributed by atoms with Crippen molar-refractivity contribution in [2.75, 3.05) is 6.54 Å². The van der Waals surface area contributed by atoms with Gasteiger partial charge in [-0.15, -0.1) is 0 Å². The highest BCUT2D eigenvalue weighted by Crippen LogP contribution is 2.35. The smallest absolute Gasteiger partial charge is 0.110 e. The van der Waals surface area contributed by atoms with Crippen molar-refractivity contribution in [1.82, 2.24) is 0 Å². The van der Waals surface area contributed by atoms with Gasteiger partial charge < -0.3 is 15.9 Å². The topological polar surface area (TPSA) is 66.5 Å². The molecule has 0 heterocycles. The van der Waals surface area contributed by atoms with Crippen molar-refractivity contribution in [3.05, 3.63) is 47.6 Å². The molecule has 0 spiro atoms. The van der Waals surface area contributed by atoms with Gasteiger partial charge in [0, 0.05) is 0 Å². The first-order valence-electron chi connectivity index (χ1n) is 5.06. The molecule has 80 valence electrons. The average molecular weight is 205 g/mol.